The number of aromatic amines is 1. The maximum Gasteiger partial charge on any atom is 0.220 e. The minimum atomic E-state index is 0.0594. The van der Waals surface area contributed by atoms with Crippen LogP contribution in [0.2, 0.25) is 0 Å². The number of hydrogen-bond acceptors (Lipinski definition) is 5. The third-order valence-corrected chi connectivity index (χ3v) is 4.47. The van der Waals surface area contributed by atoms with Crippen molar-refractivity contribution in [3.05, 3.63) is 36.1 Å². The number of carbonyl (C=O) groups is 1. The second kappa shape index (κ2) is 7.17. The lowest BCUT2D eigenvalue weighted by atomic mass is 10.2. The van der Waals surface area contributed by atoms with E-state index in [1.807, 2.05) is 11.1 Å². The summed E-state index contributed by atoms with van der Waals surface area (Å²) in [6.45, 7) is 8.76. The van der Waals surface area contributed by atoms with Crippen molar-refractivity contribution in [1.29, 1.82) is 0 Å². The third kappa shape index (κ3) is 3.84. The first-order chi connectivity index (χ1) is 11.5. The molecular weight excluding hydrogens is 306 g/mol. The molecule has 2 aromatic rings. The summed E-state index contributed by atoms with van der Waals surface area (Å²) in [6, 6.07) is 0.187. The third-order valence-electron chi connectivity index (χ3n) is 4.47. The zero-order valence-electron chi connectivity index (χ0n) is 14.5. The summed E-state index contributed by atoms with van der Waals surface area (Å²) in [5, 5.41) is 0. The fourth-order valence-corrected chi connectivity index (χ4v) is 3.11. The number of likely N-dealkylation sites (tertiary alicyclic amines) is 1. The maximum atomic E-state index is 12.1. The number of H-pyrrole nitrogens is 1. The summed E-state index contributed by atoms with van der Waals surface area (Å²) in [5.41, 5.74) is 0. The van der Waals surface area contributed by atoms with E-state index < -0.39 is 0 Å². The molecule has 1 aliphatic rings. The van der Waals surface area contributed by atoms with Crippen LogP contribution in [0.15, 0.2) is 23.0 Å². The summed E-state index contributed by atoms with van der Waals surface area (Å²) in [5.74, 6) is 2.79. The average molecular weight is 331 g/mol. The van der Waals surface area contributed by atoms with Crippen molar-refractivity contribution in [2.75, 3.05) is 13.1 Å². The zero-order valence-corrected chi connectivity index (χ0v) is 14.5. The number of oxazole rings is 1. The molecule has 0 saturated carbocycles. The van der Waals surface area contributed by atoms with Gasteiger partial charge >= 0.3 is 0 Å². The van der Waals surface area contributed by atoms with Gasteiger partial charge in [-0.25, -0.2) is 9.97 Å². The van der Waals surface area contributed by atoms with E-state index in [0.717, 1.165) is 37.6 Å². The van der Waals surface area contributed by atoms with Crippen LogP contribution in [-0.4, -0.2) is 49.8 Å². The smallest absolute Gasteiger partial charge is 0.220 e. The number of imidazole rings is 1. The van der Waals surface area contributed by atoms with Crippen molar-refractivity contribution in [3.8, 4) is 0 Å². The first kappa shape index (κ1) is 16.7. The predicted octanol–water partition coefficient (Wildman–Crippen LogP) is 2.14. The topological polar surface area (TPSA) is 78.3 Å². The Labute approximate surface area is 142 Å². The van der Waals surface area contributed by atoms with E-state index in [9.17, 15) is 4.79 Å². The Morgan fingerprint density at radius 3 is 2.96 bits per heavy atom. The van der Waals surface area contributed by atoms with Gasteiger partial charge in [0.2, 0.25) is 11.8 Å². The number of nitrogens with zero attached hydrogens (tertiary/aromatic N) is 4. The van der Waals surface area contributed by atoms with Crippen molar-refractivity contribution in [2.24, 2.45) is 0 Å². The molecular formula is C17H25N5O2. The number of nitrogens with one attached hydrogen (secondary N) is 1. The highest BCUT2D eigenvalue weighted by atomic mass is 16.4. The molecule has 0 radical (unpaired) electrons. The molecule has 1 saturated heterocycles. The maximum absolute atomic E-state index is 12.1. The van der Waals surface area contributed by atoms with Gasteiger partial charge < -0.3 is 14.3 Å². The Bertz CT molecular complexity index is 664. The van der Waals surface area contributed by atoms with E-state index in [1.54, 1.807) is 19.3 Å². The van der Waals surface area contributed by atoms with Crippen LogP contribution >= 0.6 is 0 Å². The molecule has 1 N–H and O–H groups in total. The second-order valence-electron chi connectivity index (χ2n) is 6.67. The fraction of sp³-hybridized carbons (Fsp3) is 0.588. The summed E-state index contributed by atoms with van der Waals surface area (Å²) in [7, 11) is 0. The highest BCUT2D eigenvalue weighted by Gasteiger charge is 2.30. The van der Waals surface area contributed by atoms with Gasteiger partial charge in [-0.1, -0.05) is 13.8 Å². The van der Waals surface area contributed by atoms with E-state index in [4.69, 9.17) is 4.42 Å². The SMILES string of the molecule is CC(=O)N(Cc1ncc(C(C)C)o1)[C@H]1CCN(Cc2ncc[nH]2)C1. The molecule has 0 bridgehead atoms. The summed E-state index contributed by atoms with van der Waals surface area (Å²) in [4.78, 5) is 28.0. The first-order valence-corrected chi connectivity index (χ1v) is 8.45. The van der Waals surface area contributed by atoms with Crippen molar-refractivity contribution in [1.82, 2.24) is 24.8 Å². The van der Waals surface area contributed by atoms with Crippen molar-refractivity contribution in [3.63, 3.8) is 0 Å². The highest BCUT2D eigenvalue weighted by Crippen LogP contribution is 2.21. The molecule has 24 heavy (non-hydrogen) atoms. The number of hydrogen-bond donors (Lipinski definition) is 1. The number of amides is 1. The van der Waals surface area contributed by atoms with Crippen molar-refractivity contribution >= 4 is 5.91 Å². The molecule has 0 aliphatic carbocycles. The van der Waals surface area contributed by atoms with Gasteiger partial charge in [0.15, 0.2) is 0 Å². The molecule has 2 aromatic heterocycles. The Kier molecular flexibility index (Phi) is 4.99. The van der Waals surface area contributed by atoms with Crippen LogP contribution in [0.1, 0.15) is 50.6 Å². The Hall–Kier alpha value is -2.15. The predicted molar refractivity (Wildman–Crippen MR) is 89.1 cm³/mol. The van der Waals surface area contributed by atoms with Gasteiger partial charge in [0.05, 0.1) is 19.3 Å². The minimum Gasteiger partial charge on any atom is -0.444 e. The quantitative estimate of drug-likeness (QED) is 0.877. The number of rotatable bonds is 6. The van der Waals surface area contributed by atoms with Crippen LogP contribution in [0.3, 0.4) is 0 Å². The molecule has 1 amide bonds. The Balaban J connectivity index is 1.62. The monoisotopic (exact) mass is 331 g/mol. The standard InChI is InChI=1S/C17H25N5O2/c1-12(2)15-8-20-17(24-15)11-22(13(3)23)14-4-7-21(9-14)10-16-18-5-6-19-16/h5-6,8,12,14H,4,7,9-11H2,1-3H3,(H,18,19)/t14-/m0/s1. The van der Waals surface area contributed by atoms with Crippen LogP contribution in [0.25, 0.3) is 0 Å². The van der Waals surface area contributed by atoms with Crippen molar-refractivity contribution in [2.45, 2.75) is 52.2 Å². The van der Waals surface area contributed by atoms with E-state index in [-0.39, 0.29) is 11.9 Å². The average Bonchev–Trinajstić information content (AvgIpc) is 3.26. The molecule has 1 aliphatic heterocycles. The molecule has 0 unspecified atom stereocenters. The zero-order chi connectivity index (χ0) is 17.1. The van der Waals surface area contributed by atoms with Crippen molar-refractivity contribution < 1.29 is 9.21 Å². The molecule has 1 atom stereocenters. The summed E-state index contributed by atoms with van der Waals surface area (Å²) in [6.07, 6.45) is 6.31. The fourth-order valence-electron chi connectivity index (χ4n) is 3.11. The van der Waals surface area contributed by atoms with Gasteiger partial charge in [-0.3, -0.25) is 9.69 Å². The largest absolute Gasteiger partial charge is 0.444 e. The normalized spacial score (nSPS) is 18.4. The minimum absolute atomic E-state index is 0.0594. The van der Waals surface area contributed by atoms with Gasteiger partial charge in [-0.05, 0) is 6.42 Å². The van der Waals surface area contributed by atoms with Crippen LogP contribution in [0.5, 0.6) is 0 Å². The number of aromatic nitrogens is 3. The van der Waals surface area contributed by atoms with Gasteiger partial charge in [0.1, 0.15) is 11.6 Å². The summed E-state index contributed by atoms with van der Waals surface area (Å²) < 4.78 is 5.76. The van der Waals surface area contributed by atoms with E-state index in [1.165, 1.54) is 0 Å². The van der Waals surface area contributed by atoms with Crippen LogP contribution in [0.4, 0.5) is 0 Å². The molecule has 7 heteroatoms. The molecule has 0 aromatic carbocycles. The molecule has 3 rings (SSSR count). The molecule has 7 nitrogen and oxygen atoms in total. The molecule has 0 spiro atoms. The molecule has 130 valence electrons. The van der Waals surface area contributed by atoms with Crippen LogP contribution in [0, 0.1) is 0 Å². The van der Waals surface area contributed by atoms with Gasteiger partial charge in [0.25, 0.3) is 0 Å². The van der Waals surface area contributed by atoms with Gasteiger partial charge in [0, 0.05) is 44.4 Å². The van der Waals surface area contributed by atoms with Crippen LogP contribution < -0.4 is 0 Å². The van der Waals surface area contributed by atoms with Gasteiger partial charge in [-0.2, -0.15) is 0 Å². The number of carbonyl (C=O) groups excluding carboxylic acids is 1. The lowest BCUT2D eigenvalue weighted by molar-refractivity contribution is -0.132. The molecule has 1 fully saturated rings. The Morgan fingerprint density at radius 1 is 1.50 bits per heavy atom. The molecule has 3 heterocycles. The lowest BCUT2D eigenvalue weighted by Crippen LogP contribution is -2.40. The summed E-state index contributed by atoms with van der Waals surface area (Å²) >= 11 is 0. The lowest BCUT2D eigenvalue weighted by Gasteiger charge is -2.26. The van der Waals surface area contributed by atoms with E-state index >= 15 is 0 Å². The highest BCUT2D eigenvalue weighted by molar-refractivity contribution is 5.73. The van der Waals surface area contributed by atoms with Crippen LogP contribution in [-0.2, 0) is 17.9 Å². The van der Waals surface area contributed by atoms with E-state index in [2.05, 4.69) is 33.7 Å². The van der Waals surface area contributed by atoms with Gasteiger partial charge in [-0.15, -0.1) is 0 Å². The van der Waals surface area contributed by atoms with E-state index in [0.29, 0.717) is 18.4 Å². The first-order valence-electron chi connectivity index (χ1n) is 8.45. The second-order valence-corrected chi connectivity index (χ2v) is 6.67. The Morgan fingerprint density at radius 2 is 2.33 bits per heavy atom.